The Balaban J connectivity index is 1.76. The van der Waals surface area contributed by atoms with Crippen LogP contribution in [0.25, 0.3) is 16.7 Å². The number of carbonyl (C=O) groups is 2. The fourth-order valence-electron chi connectivity index (χ4n) is 4.00. The molecule has 2 N–H and O–H groups in total. The molecule has 3 heterocycles. The van der Waals surface area contributed by atoms with Gasteiger partial charge in [0.1, 0.15) is 11.6 Å². The highest BCUT2D eigenvalue weighted by molar-refractivity contribution is 6.52. The van der Waals surface area contributed by atoms with Crippen LogP contribution < -0.4 is 4.90 Å². The number of hydrogen-bond acceptors (Lipinski definition) is 4. The van der Waals surface area contributed by atoms with Crippen LogP contribution in [0, 0.1) is 5.82 Å². The van der Waals surface area contributed by atoms with E-state index < -0.39 is 23.5 Å². The lowest BCUT2D eigenvalue weighted by atomic mass is 9.96. The Morgan fingerprint density at radius 2 is 1.94 bits per heavy atom. The largest absolute Gasteiger partial charge is 0.507 e. The van der Waals surface area contributed by atoms with E-state index in [-0.39, 0.29) is 22.0 Å². The maximum atomic E-state index is 13.8. The van der Waals surface area contributed by atoms with Crippen LogP contribution in [0.5, 0.6) is 0 Å². The molecule has 1 aliphatic rings. The lowest BCUT2D eigenvalue weighted by Crippen LogP contribution is -2.29. The van der Waals surface area contributed by atoms with E-state index in [0.29, 0.717) is 16.5 Å². The van der Waals surface area contributed by atoms with Crippen LogP contribution in [0.2, 0.25) is 5.02 Å². The number of nitrogens with one attached hydrogen (secondary N) is 1. The first-order chi connectivity index (χ1) is 15.5. The summed E-state index contributed by atoms with van der Waals surface area (Å²) in [5.74, 6) is -2.68. The molecule has 0 aliphatic carbocycles. The average Bonchev–Trinajstić information content (AvgIpc) is 3.35. The number of benzene rings is 2. The molecule has 2 aromatic heterocycles. The number of aromatic amines is 1. The zero-order chi connectivity index (χ0) is 22.4. The summed E-state index contributed by atoms with van der Waals surface area (Å²) in [6, 6.07) is 13.4. The van der Waals surface area contributed by atoms with E-state index in [1.807, 2.05) is 18.2 Å². The van der Waals surface area contributed by atoms with Gasteiger partial charge in [-0.25, -0.2) is 4.39 Å². The monoisotopic (exact) mass is 447 g/mol. The molecule has 1 fully saturated rings. The van der Waals surface area contributed by atoms with E-state index in [9.17, 15) is 19.1 Å². The van der Waals surface area contributed by atoms with Crippen LogP contribution in [0.1, 0.15) is 17.2 Å². The molecule has 1 unspecified atom stereocenters. The number of anilines is 1. The zero-order valence-electron chi connectivity index (χ0n) is 16.4. The SMILES string of the molecule is O=C1C(=O)N(c2ccc(F)c(Cl)c2)C(c2cccnc2)/C1=C(/O)c1c[nH]c2ccccc12. The highest BCUT2D eigenvalue weighted by atomic mass is 35.5. The molecule has 5 rings (SSSR count). The summed E-state index contributed by atoms with van der Waals surface area (Å²) in [5, 5.41) is 11.8. The minimum absolute atomic E-state index is 0.0896. The van der Waals surface area contributed by atoms with E-state index in [1.165, 1.54) is 23.2 Å². The third-order valence-corrected chi connectivity index (χ3v) is 5.76. The number of carbonyl (C=O) groups excluding carboxylic acids is 2. The normalized spacial score (nSPS) is 17.9. The van der Waals surface area contributed by atoms with Gasteiger partial charge >= 0.3 is 0 Å². The molecule has 1 amide bonds. The molecule has 0 bridgehead atoms. The number of aliphatic hydroxyl groups excluding tert-OH is 1. The predicted octanol–water partition coefficient (Wildman–Crippen LogP) is 4.98. The van der Waals surface area contributed by atoms with Crippen molar-refractivity contribution in [2.24, 2.45) is 0 Å². The molecule has 158 valence electrons. The van der Waals surface area contributed by atoms with Gasteiger partial charge in [0, 0.05) is 40.7 Å². The molecule has 1 atom stereocenters. The number of fused-ring (bicyclic) bond motifs is 1. The van der Waals surface area contributed by atoms with Crippen LogP contribution >= 0.6 is 11.6 Å². The van der Waals surface area contributed by atoms with Gasteiger partial charge in [-0.3, -0.25) is 19.5 Å². The smallest absolute Gasteiger partial charge is 0.300 e. The van der Waals surface area contributed by atoms with Crippen molar-refractivity contribution in [2.75, 3.05) is 4.90 Å². The lowest BCUT2D eigenvalue weighted by Gasteiger charge is -2.25. The van der Waals surface area contributed by atoms with Crippen molar-refractivity contribution in [1.29, 1.82) is 0 Å². The molecule has 32 heavy (non-hydrogen) atoms. The summed E-state index contributed by atoms with van der Waals surface area (Å²) in [6.45, 7) is 0. The molecule has 2 aromatic carbocycles. The van der Waals surface area contributed by atoms with Crippen molar-refractivity contribution < 1.29 is 19.1 Å². The van der Waals surface area contributed by atoms with Crippen molar-refractivity contribution >= 4 is 45.6 Å². The van der Waals surface area contributed by atoms with Gasteiger partial charge in [-0.05, 0) is 35.9 Å². The van der Waals surface area contributed by atoms with Crippen molar-refractivity contribution in [3.8, 4) is 0 Å². The number of amides is 1. The Labute approximate surface area is 186 Å². The number of pyridine rings is 1. The first-order valence-corrected chi connectivity index (χ1v) is 10.1. The quantitative estimate of drug-likeness (QED) is 0.263. The van der Waals surface area contributed by atoms with Crippen molar-refractivity contribution in [3.05, 3.63) is 101 Å². The van der Waals surface area contributed by atoms with Gasteiger partial charge in [0.05, 0.1) is 16.6 Å². The number of Topliss-reactive ketones (excluding diaryl/α,β-unsaturated/α-hetero) is 1. The number of aromatic nitrogens is 2. The third kappa shape index (κ3) is 3.06. The molecule has 1 saturated heterocycles. The van der Waals surface area contributed by atoms with Crippen molar-refractivity contribution in [1.82, 2.24) is 9.97 Å². The number of hydrogen-bond donors (Lipinski definition) is 2. The molecule has 0 spiro atoms. The highest BCUT2D eigenvalue weighted by Gasteiger charge is 2.47. The van der Waals surface area contributed by atoms with Crippen LogP contribution in [-0.4, -0.2) is 26.8 Å². The number of aliphatic hydroxyl groups is 1. The summed E-state index contributed by atoms with van der Waals surface area (Å²) in [6.07, 6.45) is 4.66. The highest BCUT2D eigenvalue weighted by Crippen LogP contribution is 2.43. The Morgan fingerprint density at radius 1 is 1.12 bits per heavy atom. The number of para-hydroxylation sites is 1. The van der Waals surface area contributed by atoms with Gasteiger partial charge in [0.25, 0.3) is 11.7 Å². The second kappa shape index (κ2) is 7.62. The number of nitrogens with zero attached hydrogens (tertiary/aromatic N) is 2. The van der Waals surface area contributed by atoms with Gasteiger partial charge < -0.3 is 10.1 Å². The minimum atomic E-state index is -0.973. The molecule has 8 heteroatoms. The molecular formula is C24H15ClFN3O3. The molecule has 0 saturated carbocycles. The first kappa shape index (κ1) is 20.0. The molecule has 0 radical (unpaired) electrons. The van der Waals surface area contributed by atoms with Crippen LogP contribution in [0.3, 0.4) is 0 Å². The van der Waals surface area contributed by atoms with E-state index in [4.69, 9.17) is 11.6 Å². The second-order valence-electron chi connectivity index (χ2n) is 7.30. The van der Waals surface area contributed by atoms with Crippen LogP contribution in [0.4, 0.5) is 10.1 Å². The van der Waals surface area contributed by atoms with Gasteiger partial charge in [-0.15, -0.1) is 0 Å². The summed E-state index contributed by atoms with van der Waals surface area (Å²) >= 11 is 5.94. The van der Waals surface area contributed by atoms with Crippen molar-refractivity contribution in [3.63, 3.8) is 0 Å². The topological polar surface area (TPSA) is 86.3 Å². The van der Waals surface area contributed by atoms with Gasteiger partial charge in [0.2, 0.25) is 0 Å². The average molecular weight is 448 g/mol. The summed E-state index contributed by atoms with van der Waals surface area (Å²) in [5.41, 5.74) is 1.81. The van der Waals surface area contributed by atoms with Gasteiger partial charge in [-0.1, -0.05) is 35.9 Å². The number of halogens is 2. The summed E-state index contributed by atoms with van der Waals surface area (Å²) < 4.78 is 13.8. The maximum absolute atomic E-state index is 13.8. The minimum Gasteiger partial charge on any atom is -0.507 e. The van der Waals surface area contributed by atoms with E-state index in [1.54, 1.807) is 30.6 Å². The third-order valence-electron chi connectivity index (χ3n) is 5.47. The lowest BCUT2D eigenvalue weighted by molar-refractivity contribution is -0.132. The Bertz CT molecular complexity index is 1410. The standard InChI is InChI=1S/C24H15ClFN3O3/c25-17-10-14(7-8-18(17)26)29-21(13-4-3-9-27-11-13)20(23(31)24(29)32)22(30)16-12-28-19-6-2-1-5-15(16)19/h1-12,21,28,30H/b22-20-. The molecule has 4 aromatic rings. The van der Waals surface area contributed by atoms with Crippen molar-refractivity contribution in [2.45, 2.75) is 6.04 Å². The molecular weight excluding hydrogens is 433 g/mol. The molecule has 6 nitrogen and oxygen atoms in total. The fourth-order valence-corrected chi connectivity index (χ4v) is 4.17. The summed E-state index contributed by atoms with van der Waals surface area (Å²) in [4.78, 5) is 34.6. The number of rotatable bonds is 3. The Kier molecular flexibility index (Phi) is 4.75. The predicted molar refractivity (Wildman–Crippen MR) is 119 cm³/mol. The van der Waals surface area contributed by atoms with E-state index >= 15 is 0 Å². The second-order valence-corrected chi connectivity index (χ2v) is 7.71. The Morgan fingerprint density at radius 3 is 2.69 bits per heavy atom. The Hall–Kier alpha value is -3.97. The summed E-state index contributed by atoms with van der Waals surface area (Å²) in [7, 11) is 0. The number of H-pyrrole nitrogens is 1. The maximum Gasteiger partial charge on any atom is 0.300 e. The van der Waals surface area contributed by atoms with Crippen LogP contribution in [0.15, 0.2) is 78.8 Å². The number of ketones is 1. The fraction of sp³-hybridized carbons (Fsp3) is 0.0417. The first-order valence-electron chi connectivity index (χ1n) is 9.70. The van der Waals surface area contributed by atoms with Gasteiger partial charge in [-0.2, -0.15) is 0 Å². The van der Waals surface area contributed by atoms with E-state index in [2.05, 4.69) is 9.97 Å². The molecule has 1 aliphatic heterocycles. The zero-order valence-corrected chi connectivity index (χ0v) is 17.2. The van der Waals surface area contributed by atoms with Gasteiger partial charge in [0.15, 0.2) is 0 Å². The van der Waals surface area contributed by atoms with E-state index in [0.717, 1.165) is 11.6 Å². The van der Waals surface area contributed by atoms with Crippen LogP contribution in [-0.2, 0) is 9.59 Å².